The van der Waals surface area contributed by atoms with Gasteiger partial charge in [0.25, 0.3) is 0 Å². The van der Waals surface area contributed by atoms with Gasteiger partial charge in [-0.3, -0.25) is 4.79 Å². The minimum absolute atomic E-state index is 0.0823. The number of nitrogens with one attached hydrogen (secondary N) is 1. The molecule has 0 bridgehead atoms. The van der Waals surface area contributed by atoms with Gasteiger partial charge in [0, 0.05) is 12.0 Å². The predicted octanol–water partition coefficient (Wildman–Crippen LogP) is 1.72. The standard InChI is InChI=1S/C14H22N2O/c1-14(2,9-10-15)13(17)16-11-8-12-6-4-3-5-7-12/h3-7H,8-11,15H2,1-2H3,(H,16,17). The minimum Gasteiger partial charge on any atom is -0.355 e. The van der Waals surface area contributed by atoms with E-state index < -0.39 is 0 Å². The number of carbonyl (C=O) groups excluding carboxylic acids is 1. The Bertz CT molecular complexity index is 346. The molecule has 3 nitrogen and oxygen atoms in total. The summed E-state index contributed by atoms with van der Waals surface area (Å²) in [6, 6.07) is 10.1. The first-order valence-corrected chi connectivity index (χ1v) is 6.08. The molecule has 0 unspecified atom stereocenters. The fourth-order valence-corrected chi connectivity index (χ4v) is 1.68. The average molecular weight is 234 g/mol. The SMILES string of the molecule is CC(C)(CCN)C(=O)NCCc1ccccc1. The molecule has 94 valence electrons. The van der Waals surface area contributed by atoms with E-state index in [1.165, 1.54) is 5.56 Å². The second-order valence-electron chi connectivity index (χ2n) is 4.91. The highest BCUT2D eigenvalue weighted by atomic mass is 16.2. The van der Waals surface area contributed by atoms with E-state index in [-0.39, 0.29) is 11.3 Å². The average Bonchev–Trinajstić information content (AvgIpc) is 2.30. The van der Waals surface area contributed by atoms with Gasteiger partial charge in [-0.15, -0.1) is 0 Å². The lowest BCUT2D eigenvalue weighted by molar-refractivity contribution is -0.129. The maximum Gasteiger partial charge on any atom is 0.225 e. The van der Waals surface area contributed by atoms with E-state index in [1.807, 2.05) is 32.0 Å². The smallest absolute Gasteiger partial charge is 0.225 e. The van der Waals surface area contributed by atoms with Crippen LogP contribution in [0.5, 0.6) is 0 Å². The van der Waals surface area contributed by atoms with Gasteiger partial charge in [-0.25, -0.2) is 0 Å². The van der Waals surface area contributed by atoms with Crippen LogP contribution in [0.2, 0.25) is 0 Å². The van der Waals surface area contributed by atoms with E-state index in [0.717, 1.165) is 6.42 Å². The van der Waals surface area contributed by atoms with E-state index in [2.05, 4.69) is 17.4 Å². The summed E-state index contributed by atoms with van der Waals surface area (Å²) >= 11 is 0. The molecule has 0 aliphatic carbocycles. The van der Waals surface area contributed by atoms with Crippen molar-refractivity contribution in [3.63, 3.8) is 0 Å². The molecule has 0 aromatic heterocycles. The summed E-state index contributed by atoms with van der Waals surface area (Å²) in [7, 11) is 0. The van der Waals surface area contributed by atoms with Crippen LogP contribution < -0.4 is 11.1 Å². The van der Waals surface area contributed by atoms with Gasteiger partial charge in [0.05, 0.1) is 0 Å². The summed E-state index contributed by atoms with van der Waals surface area (Å²) in [5.74, 6) is 0.0823. The van der Waals surface area contributed by atoms with Crippen molar-refractivity contribution in [1.82, 2.24) is 5.32 Å². The Morgan fingerprint density at radius 2 is 1.94 bits per heavy atom. The molecule has 3 N–H and O–H groups in total. The van der Waals surface area contributed by atoms with Crippen molar-refractivity contribution in [2.75, 3.05) is 13.1 Å². The molecule has 0 aliphatic heterocycles. The predicted molar refractivity (Wildman–Crippen MR) is 70.6 cm³/mol. The summed E-state index contributed by atoms with van der Waals surface area (Å²) < 4.78 is 0. The van der Waals surface area contributed by atoms with Gasteiger partial charge < -0.3 is 11.1 Å². The molecule has 3 heteroatoms. The lowest BCUT2D eigenvalue weighted by atomic mass is 9.88. The number of amides is 1. The molecular formula is C14H22N2O. The summed E-state index contributed by atoms with van der Waals surface area (Å²) in [6.45, 7) is 5.07. The molecule has 0 radical (unpaired) electrons. The third kappa shape index (κ3) is 4.57. The van der Waals surface area contributed by atoms with E-state index in [9.17, 15) is 4.79 Å². The van der Waals surface area contributed by atoms with Gasteiger partial charge >= 0.3 is 0 Å². The first-order chi connectivity index (χ1) is 8.06. The van der Waals surface area contributed by atoms with Crippen LogP contribution in [0.3, 0.4) is 0 Å². The number of hydrogen-bond acceptors (Lipinski definition) is 2. The van der Waals surface area contributed by atoms with E-state index in [1.54, 1.807) is 0 Å². The van der Waals surface area contributed by atoms with Crippen molar-refractivity contribution in [1.29, 1.82) is 0 Å². The monoisotopic (exact) mass is 234 g/mol. The summed E-state index contributed by atoms with van der Waals surface area (Å²) in [6.07, 6.45) is 1.58. The van der Waals surface area contributed by atoms with Crippen molar-refractivity contribution in [3.8, 4) is 0 Å². The molecule has 0 spiro atoms. The van der Waals surface area contributed by atoms with Crippen LogP contribution >= 0.6 is 0 Å². The largest absolute Gasteiger partial charge is 0.355 e. The summed E-state index contributed by atoms with van der Waals surface area (Å²) in [4.78, 5) is 11.9. The summed E-state index contributed by atoms with van der Waals surface area (Å²) in [5.41, 5.74) is 6.36. The van der Waals surface area contributed by atoms with Crippen LogP contribution in [0, 0.1) is 5.41 Å². The second kappa shape index (κ2) is 6.40. The first-order valence-electron chi connectivity index (χ1n) is 6.08. The van der Waals surface area contributed by atoms with Crippen LogP contribution in [-0.4, -0.2) is 19.0 Å². The topological polar surface area (TPSA) is 55.1 Å². The molecule has 0 saturated carbocycles. The number of hydrogen-bond donors (Lipinski definition) is 2. The quantitative estimate of drug-likeness (QED) is 0.787. The molecule has 0 fully saturated rings. The fourth-order valence-electron chi connectivity index (χ4n) is 1.68. The van der Waals surface area contributed by atoms with Crippen LogP contribution in [0.15, 0.2) is 30.3 Å². The first kappa shape index (κ1) is 13.7. The zero-order chi connectivity index (χ0) is 12.7. The summed E-state index contributed by atoms with van der Waals surface area (Å²) in [5, 5.41) is 2.96. The fraction of sp³-hybridized carbons (Fsp3) is 0.500. The molecule has 0 heterocycles. The maximum absolute atomic E-state index is 11.9. The molecule has 0 aliphatic rings. The molecule has 1 aromatic carbocycles. The van der Waals surface area contributed by atoms with Crippen molar-refractivity contribution in [2.45, 2.75) is 26.7 Å². The van der Waals surface area contributed by atoms with Crippen molar-refractivity contribution in [3.05, 3.63) is 35.9 Å². The van der Waals surface area contributed by atoms with Crippen molar-refractivity contribution in [2.24, 2.45) is 11.1 Å². The van der Waals surface area contributed by atoms with Crippen LogP contribution in [0.1, 0.15) is 25.8 Å². The Labute approximate surface area is 103 Å². The van der Waals surface area contributed by atoms with Crippen LogP contribution in [0.25, 0.3) is 0 Å². The van der Waals surface area contributed by atoms with Crippen molar-refractivity contribution >= 4 is 5.91 Å². The van der Waals surface area contributed by atoms with Gasteiger partial charge in [0.15, 0.2) is 0 Å². The normalized spacial score (nSPS) is 11.2. The number of carbonyl (C=O) groups is 1. The molecule has 1 rings (SSSR count). The van der Waals surface area contributed by atoms with Crippen molar-refractivity contribution < 1.29 is 4.79 Å². The Hall–Kier alpha value is -1.35. The van der Waals surface area contributed by atoms with Gasteiger partial charge in [-0.05, 0) is 24.9 Å². The third-order valence-corrected chi connectivity index (χ3v) is 2.93. The van der Waals surface area contributed by atoms with Crippen LogP contribution in [0.4, 0.5) is 0 Å². The molecule has 1 amide bonds. The lowest BCUT2D eigenvalue weighted by Gasteiger charge is -2.22. The lowest BCUT2D eigenvalue weighted by Crippen LogP contribution is -2.39. The minimum atomic E-state index is -0.370. The molecular weight excluding hydrogens is 212 g/mol. The van der Waals surface area contributed by atoms with Gasteiger partial charge in [-0.1, -0.05) is 44.2 Å². The zero-order valence-corrected chi connectivity index (χ0v) is 10.7. The van der Waals surface area contributed by atoms with Gasteiger partial charge in [0.1, 0.15) is 0 Å². The molecule has 0 atom stereocenters. The molecule has 1 aromatic rings. The Kier molecular flexibility index (Phi) is 5.16. The highest BCUT2D eigenvalue weighted by Crippen LogP contribution is 2.19. The van der Waals surface area contributed by atoms with Crippen LogP contribution in [-0.2, 0) is 11.2 Å². The van der Waals surface area contributed by atoms with E-state index in [4.69, 9.17) is 5.73 Å². The van der Waals surface area contributed by atoms with E-state index in [0.29, 0.717) is 19.5 Å². The number of nitrogens with two attached hydrogens (primary N) is 1. The Balaban J connectivity index is 2.34. The highest BCUT2D eigenvalue weighted by Gasteiger charge is 2.25. The van der Waals surface area contributed by atoms with Gasteiger partial charge in [-0.2, -0.15) is 0 Å². The Morgan fingerprint density at radius 1 is 1.29 bits per heavy atom. The third-order valence-electron chi connectivity index (χ3n) is 2.93. The zero-order valence-electron chi connectivity index (χ0n) is 10.7. The Morgan fingerprint density at radius 3 is 2.53 bits per heavy atom. The maximum atomic E-state index is 11.9. The second-order valence-corrected chi connectivity index (χ2v) is 4.91. The van der Waals surface area contributed by atoms with Gasteiger partial charge in [0.2, 0.25) is 5.91 Å². The van der Waals surface area contributed by atoms with E-state index >= 15 is 0 Å². The molecule has 0 saturated heterocycles. The number of benzene rings is 1. The highest BCUT2D eigenvalue weighted by molar-refractivity contribution is 5.81. The molecule has 17 heavy (non-hydrogen) atoms. The number of rotatable bonds is 6.